The summed E-state index contributed by atoms with van der Waals surface area (Å²) in [5.41, 5.74) is 0.446. The van der Waals surface area contributed by atoms with Crippen LogP contribution in [0.3, 0.4) is 0 Å². The van der Waals surface area contributed by atoms with Gasteiger partial charge in [-0.25, -0.2) is 0 Å². The molecular formula is C16H35NO. The first-order chi connectivity index (χ1) is 8.35. The summed E-state index contributed by atoms with van der Waals surface area (Å²) >= 11 is 0. The molecule has 0 aliphatic carbocycles. The Balaban J connectivity index is 3.79. The quantitative estimate of drug-likeness (QED) is 0.544. The second-order valence-electron chi connectivity index (χ2n) is 7.06. The van der Waals surface area contributed by atoms with Crippen molar-refractivity contribution < 1.29 is 4.74 Å². The van der Waals surface area contributed by atoms with Crippen molar-refractivity contribution in [3.63, 3.8) is 0 Å². The van der Waals surface area contributed by atoms with Crippen molar-refractivity contribution in [3.05, 3.63) is 0 Å². The molecule has 0 aliphatic heterocycles. The fourth-order valence-electron chi connectivity index (χ4n) is 2.54. The lowest BCUT2D eigenvalue weighted by atomic mass is 9.81. The van der Waals surface area contributed by atoms with E-state index in [0.717, 1.165) is 12.5 Å². The number of rotatable bonds is 10. The fourth-order valence-corrected chi connectivity index (χ4v) is 2.54. The Bertz CT molecular complexity index is 184. The molecule has 0 saturated carbocycles. The van der Waals surface area contributed by atoms with E-state index in [1.807, 2.05) is 7.11 Å². The van der Waals surface area contributed by atoms with E-state index >= 15 is 0 Å². The first-order valence-electron chi connectivity index (χ1n) is 7.49. The summed E-state index contributed by atoms with van der Waals surface area (Å²) in [6, 6.07) is 0. The molecule has 0 bridgehead atoms. The van der Waals surface area contributed by atoms with Crippen LogP contribution in [-0.4, -0.2) is 39.3 Å². The van der Waals surface area contributed by atoms with Gasteiger partial charge in [0.15, 0.2) is 0 Å². The summed E-state index contributed by atoms with van der Waals surface area (Å²) in [4.78, 5) is 2.28. The summed E-state index contributed by atoms with van der Waals surface area (Å²) in [6.45, 7) is 9.18. The minimum atomic E-state index is 0.446. The molecule has 0 fully saturated rings. The van der Waals surface area contributed by atoms with E-state index in [1.54, 1.807) is 0 Å². The van der Waals surface area contributed by atoms with Crippen LogP contribution in [0.2, 0.25) is 0 Å². The average Bonchev–Trinajstić information content (AvgIpc) is 2.22. The number of ether oxygens (including phenoxy) is 1. The normalized spacial score (nSPS) is 14.2. The van der Waals surface area contributed by atoms with E-state index in [-0.39, 0.29) is 0 Å². The van der Waals surface area contributed by atoms with Gasteiger partial charge in [-0.2, -0.15) is 0 Å². The fraction of sp³-hybridized carbons (Fsp3) is 1.00. The van der Waals surface area contributed by atoms with Crippen LogP contribution < -0.4 is 0 Å². The van der Waals surface area contributed by atoms with E-state index in [0.29, 0.717) is 5.41 Å². The van der Waals surface area contributed by atoms with Gasteiger partial charge in [-0.05, 0) is 51.2 Å². The van der Waals surface area contributed by atoms with Crippen molar-refractivity contribution in [2.24, 2.45) is 11.3 Å². The van der Waals surface area contributed by atoms with Crippen LogP contribution in [0.5, 0.6) is 0 Å². The molecule has 0 rings (SSSR count). The second kappa shape index (κ2) is 9.80. The standard InChI is InChI=1S/C16H35NO/c1-16(2,3)14-15(11-13-18-6)10-8-7-9-12-17(4)5/h15H,7-14H2,1-6H3/t15-/m1/s1. The lowest BCUT2D eigenvalue weighted by Crippen LogP contribution is -2.15. The Morgan fingerprint density at radius 3 is 2.17 bits per heavy atom. The lowest BCUT2D eigenvalue weighted by molar-refractivity contribution is 0.157. The number of methoxy groups -OCH3 is 1. The zero-order valence-electron chi connectivity index (χ0n) is 13.6. The number of unbranched alkanes of at least 4 members (excludes halogenated alkanes) is 2. The zero-order chi connectivity index (χ0) is 14.0. The van der Waals surface area contributed by atoms with Crippen LogP contribution in [0.1, 0.15) is 59.3 Å². The van der Waals surface area contributed by atoms with Gasteiger partial charge in [-0.15, -0.1) is 0 Å². The van der Waals surface area contributed by atoms with Gasteiger partial charge in [-0.3, -0.25) is 0 Å². The molecule has 2 nitrogen and oxygen atoms in total. The summed E-state index contributed by atoms with van der Waals surface area (Å²) in [5, 5.41) is 0. The molecule has 0 aliphatic rings. The lowest BCUT2D eigenvalue weighted by Gasteiger charge is -2.26. The summed E-state index contributed by atoms with van der Waals surface area (Å²) in [6.07, 6.45) is 7.99. The SMILES string of the molecule is COCC[C@@H](CCCCCN(C)C)CC(C)(C)C. The molecule has 0 aromatic rings. The van der Waals surface area contributed by atoms with E-state index in [2.05, 4.69) is 39.8 Å². The molecule has 0 radical (unpaired) electrons. The Hall–Kier alpha value is -0.0800. The second-order valence-corrected chi connectivity index (χ2v) is 7.06. The maximum absolute atomic E-state index is 5.24. The van der Waals surface area contributed by atoms with E-state index in [4.69, 9.17) is 4.74 Å². The number of hydrogen-bond donors (Lipinski definition) is 0. The third-order valence-electron chi connectivity index (χ3n) is 3.35. The van der Waals surface area contributed by atoms with Crippen LogP contribution >= 0.6 is 0 Å². The molecule has 0 unspecified atom stereocenters. The number of nitrogens with zero attached hydrogens (tertiary/aromatic N) is 1. The van der Waals surface area contributed by atoms with Crippen LogP contribution in [0.15, 0.2) is 0 Å². The molecule has 110 valence electrons. The van der Waals surface area contributed by atoms with Gasteiger partial charge in [0.1, 0.15) is 0 Å². The zero-order valence-corrected chi connectivity index (χ0v) is 13.6. The van der Waals surface area contributed by atoms with Gasteiger partial charge in [0.25, 0.3) is 0 Å². The topological polar surface area (TPSA) is 12.5 Å². The highest BCUT2D eigenvalue weighted by atomic mass is 16.5. The van der Waals surface area contributed by atoms with Gasteiger partial charge in [-0.1, -0.05) is 40.0 Å². The molecule has 0 aromatic heterocycles. The van der Waals surface area contributed by atoms with Crippen LogP contribution in [-0.2, 0) is 4.74 Å². The molecule has 0 N–H and O–H groups in total. The van der Waals surface area contributed by atoms with E-state index in [1.165, 1.54) is 45.1 Å². The molecule has 18 heavy (non-hydrogen) atoms. The van der Waals surface area contributed by atoms with Crippen molar-refractivity contribution in [3.8, 4) is 0 Å². The highest BCUT2D eigenvalue weighted by molar-refractivity contribution is 4.69. The average molecular weight is 257 g/mol. The van der Waals surface area contributed by atoms with Gasteiger partial charge < -0.3 is 9.64 Å². The highest BCUT2D eigenvalue weighted by Gasteiger charge is 2.18. The van der Waals surface area contributed by atoms with Crippen molar-refractivity contribution in [1.29, 1.82) is 0 Å². The maximum atomic E-state index is 5.24. The molecule has 0 aromatic carbocycles. The van der Waals surface area contributed by atoms with Gasteiger partial charge in [0, 0.05) is 13.7 Å². The van der Waals surface area contributed by atoms with Crippen molar-refractivity contribution in [2.75, 3.05) is 34.4 Å². The smallest absolute Gasteiger partial charge is 0.0464 e. The summed E-state index contributed by atoms with van der Waals surface area (Å²) in [7, 11) is 6.12. The largest absolute Gasteiger partial charge is 0.385 e. The Labute approximate surface area is 115 Å². The van der Waals surface area contributed by atoms with Crippen molar-refractivity contribution >= 4 is 0 Å². The van der Waals surface area contributed by atoms with Crippen LogP contribution in [0.4, 0.5) is 0 Å². The molecule has 1 atom stereocenters. The molecule has 0 heterocycles. The maximum Gasteiger partial charge on any atom is 0.0464 e. The van der Waals surface area contributed by atoms with E-state index in [9.17, 15) is 0 Å². The molecule has 2 heteroatoms. The third-order valence-corrected chi connectivity index (χ3v) is 3.35. The van der Waals surface area contributed by atoms with Gasteiger partial charge in [0.2, 0.25) is 0 Å². The van der Waals surface area contributed by atoms with Crippen molar-refractivity contribution in [1.82, 2.24) is 4.90 Å². The molecule has 0 amide bonds. The molecule has 0 spiro atoms. The van der Waals surface area contributed by atoms with E-state index < -0.39 is 0 Å². The van der Waals surface area contributed by atoms with Crippen LogP contribution in [0, 0.1) is 11.3 Å². The van der Waals surface area contributed by atoms with Crippen LogP contribution in [0.25, 0.3) is 0 Å². The van der Waals surface area contributed by atoms with Gasteiger partial charge >= 0.3 is 0 Å². The Morgan fingerprint density at radius 1 is 1.00 bits per heavy atom. The third kappa shape index (κ3) is 12.4. The molecular weight excluding hydrogens is 222 g/mol. The predicted molar refractivity (Wildman–Crippen MR) is 81.1 cm³/mol. The monoisotopic (exact) mass is 257 g/mol. The predicted octanol–water partition coefficient (Wildman–Crippen LogP) is 4.20. The highest BCUT2D eigenvalue weighted by Crippen LogP contribution is 2.29. The Morgan fingerprint density at radius 2 is 1.67 bits per heavy atom. The summed E-state index contributed by atoms with van der Waals surface area (Å²) < 4.78 is 5.24. The first-order valence-corrected chi connectivity index (χ1v) is 7.49. The molecule has 0 saturated heterocycles. The Kier molecular flexibility index (Phi) is 9.76. The first kappa shape index (κ1) is 17.9. The van der Waals surface area contributed by atoms with Gasteiger partial charge in [0.05, 0.1) is 0 Å². The summed E-state index contributed by atoms with van der Waals surface area (Å²) in [5.74, 6) is 0.837. The minimum absolute atomic E-state index is 0.446. The minimum Gasteiger partial charge on any atom is -0.385 e. The van der Waals surface area contributed by atoms with Crippen molar-refractivity contribution in [2.45, 2.75) is 59.3 Å². The number of hydrogen-bond acceptors (Lipinski definition) is 2.